The maximum absolute atomic E-state index is 12.5. The molecule has 0 saturated carbocycles. The minimum absolute atomic E-state index is 0.136. The van der Waals surface area contributed by atoms with Gasteiger partial charge < -0.3 is 10.1 Å². The number of hydrogen-bond donors (Lipinski definition) is 5. The van der Waals surface area contributed by atoms with Gasteiger partial charge in [-0.2, -0.15) is 11.1 Å². The van der Waals surface area contributed by atoms with Gasteiger partial charge in [0.15, 0.2) is 0 Å². The lowest BCUT2D eigenvalue weighted by Gasteiger charge is -2.14. The van der Waals surface area contributed by atoms with E-state index in [-0.39, 0.29) is 11.9 Å². The molecule has 30 heavy (non-hydrogen) atoms. The number of nitrogens with zero attached hydrogens (tertiary/aromatic N) is 1. The Morgan fingerprint density at radius 1 is 1.00 bits per heavy atom. The number of anilines is 2. The minimum atomic E-state index is -4.75. The maximum atomic E-state index is 12.5. The Morgan fingerprint density at radius 2 is 1.83 bits per heavy atom. The molecule has 1 aliphatic rings. The summed E-state index contributed by atoms with van der Waals surface area (Å²) in [4.78, 5) is 4.74. The van der Waals surface area contributed by atoms with Crippen LogP contribution in [-0.2, 0) is 0 Å². The normalized spacial score (nSPS) is 15.2. The van der Waals surface area contributed by atoms with E-state index >= 15 is 0 Å². The third-order valence-electron chi connectivity index (χ3n) is 4.58. The van der Waals surface area contributed by atoms with Crippen molar-refractivity contribution in [2.24, 2.45) is 0 Å². The largest absolute Gasteiger partial charge is 0.573 e. The molecule has 7 nitrogen and oxygen atoms in total. The third kappa shape index (κ3) is 3.76. The zero-order valence-electron chi connectivity index (χ0n) is 15.2. The Kier molecular flexibility index (Phi) is 4.68. The highest BCUT2D eigenvalue weighted by atomic mass is 32.1. The SMILES string of the molecule is FC(F)(F)Oc1cccc(Nc2nc3cc(C4NNNN4)ccc3c3sccc23)c1. The van der Waals surface area contributed by atoms with Gasteiger partial charge in [0.1, 0.15) is 17.7 Å². The molecule has 5 N–H and O–H groups in total. The standard InChI is InChI=1S/C19H15F3N6OS/c20-19(21,22)29-12-3-1-2-11(9-12)23-18-14-6-7-30-16(14)13-5-4-10(8-15(13)24-18)17-25-27-28-26-17/h1-9,17,25-28H,(H,23,24). The molecule has 1 saturated heterocycles. The third-order valence-corrected chi connectivity index (χ3v) is 5.53. The molecule has 5 rings (SSSR count). The van der Waals surface area contributed by atoms with Crippen LogP contribution >= 0.6 is 11.3 Å². The number of pyridine rings is 1. The van der Waals surface area contributed by atoms with Crippen molar-refractivity contribution in [3.63, 3.8) is 0 Å². The first-order chi connectivity index (χ1) is 14.5. The van der Waals surface area contributed by atoms with E-state index in [0.717, 1.165) is 26.6 Å². The van der Waals surface area contributed by atoms with Crippen LogP contribution in [0.3, 0.4) is 0 Å². The predicted molar refractivity (Wildman–Crippen MR) is 109 cm³/mol. The number of thiophene rings is 1. The molecule has 4 aromatic rings. The molecule has 0 atom stereocenters. The van der Waals surface area contributed by atoms with E-state index in [9.17, 15) is 13.2 Å². The molecule has 11 heteroatoms. The fourth-order valence-electron chi connectivity index (χ4n) is 3.32. The first-order valence-electron chi connectivity index (χ1n) is 8.91. The monoisotopic (exact) mass is 432 g/mol. The average molecular weight is 432 g/mol. The number of hydrazine groups is 3. The number of aromatic nitrogens is 1. The first-order valence-corrected chi connectivity index (χ1v) is 9.79. The molecule has 0 amide bonds. The number of fused-ring (bicyclic) bond motifs is 3. The lowest BCUT2D eigenvalue weighted by Crippen LogP contribution is -2.33. The Hall–Kier alpha value is -2.96. The number of rotatable bonds is 4. The van der Waals surface area contributed by atoms with Gasteiger partial charge in [-0.15, -0.1) is 24.5 Å². The van der Waals surface area contributed by atoms with Crippen LogP contribution in [0.5, 0.6) is 5.75 Å². The fourth-order valence-corrected chi connectivity index (χ4v) is 4.25. The minimum Gasteiger partial charge on any atom is -0.406 e. The highest BCUT2D eigenvalue weighted by molar-refractivity contribution is 7.18. The summed E-state index contributed by atoms with van der Waals surface area (Å²) in [6, 6.07) is 13.6. The molecule has 2 aromatic carbocycles. The van der Waals surface area contributed by atoms with Crippen LogP contribution in [0.2, 0.25) is 0 Å². The van der Waals surface area contributed by atoms with Crippen molar-refractivity contribution in [1.29, 1.82) is 0 Å². The van der Waals surface area contributed by atoms with Crippen LogP contribution in [-0.4, -0.2) is 11.3 Å². The molecular formula is C19H15F3N6OS. The zero-order valence-corrected chi connectivity index (χ0v) is 16.0. The van der Waals surface area contributed by atoms with E-state index < -0.39 is 6.36 Å². The summed E-state index contributed by atoms with van der Waals surface area (Å²) < 4.78 is 42.7. The number of ether oxygens (including phenoxy) is 1. The Labute approximate surface area is 172 Å². The van der Waals surface area contributed by atoms with Crippen LogP contribution in [0.15, 0.2) is 53.9 Å². The van der Waals surface area contributed by atoms with E-state index in [1.807, 2.05) is 29.6 Å². The molecule has 0 radical (unpaired) electrons. The van der Waals surface area contributed by atoms with Gasteiger partial charge in [-0.25, -0.2) is 15.8 Å². The second-order valence-electron chi connectivity index (χ2n) is 6.57. The van der Waals surface area contributed by atoms with Gasteiger partial charge in [-0.1, -0.05) is 18.2 Å². The summed E-state index contributed by atoms with van der Waals surface area (Å²) >= 11 is 1.58. The molecule has 2 aromatic heterocycles. The summed E-state index contributed by atoms with van der Waals surface area (Å²) in [7, 11) is 0. The summed E-state index contributed by atoms with van der Waals surface area (Å²) in [6.45, 7) is 0. The van der Waals surface area contributed by atoms with E-state index in [2.05, 4.69) is 32.0 Å². The zero-order chi connectivity index (χ0) is 20.7. The van der Waals surface area contributed by atoms with Crippen LogP contribution in [0.4, 0.5) is 24.7 Å². The Bertz CT molecular complexity index is 1220. The van der Waals surface area contributed by atoms with Crippen molar-refractivity contribution in [2.75, 3.05) is 5.32 Å². The van der Waals surface area contributed by atoms with Crippen molar-refractivity contribution in [2.45, 2.75) is 12.5 Å². The predicted octanol–water partition coefficient (Wildman–Crippen LogP) is 4.21. The van der Waals surface area contributed by atoms with Gasteiger partial charge in [0, 0.05) is 27.2 Å². The van der Waals surface area contributed by atoms with Gasteiger partial charge in [0.2, 0.25) is 0 Å². The molecule has 1 fully saturated rings. The molecular weight excluding hydrogens is 417 g/mol. The number of alkyl halides is 3. The van der Waals surface area contributed by atoms with Crippen LogP contribution in [0.25, 0.3) is 21.0 Å². The number of benzene rings is 2. The first kappa shape index (κ1) is 19.0. The second kappa shape index (κ2) is 7.38. The van der Waals surface area contributed by atoms with E-state index in [1.165, 1.54) is 18.2 Å². The average Bonchev–Trinajstić information content (AvgIpc) is 3.39. The van der Waals surface area contributed by atoms with Gasteiger partial charge >= 0.3 is 6.36 Å². The van der Waals surface area contributed by atoms with Crippen molar-refractivity contribution in [3.8, 4) is 5.75 Å². The second-order valence-corrected chi connectivity index (χ2v) is 7.49. The van der Waals surface area contributed by atoms with Crippen LogP contribution < -0.4 is 32.0 Å². The van der Waals surface area contributed by atoms with Gasteiger partial charge in [0.05, 0.1) is 5.52 Å². The lowest BCUT2D eigenvalue weighted by molar-refractivity contribution is -0.274. The maximum Gasteiger partial charge on any atom is 0.573 e. The number of halogens is 3. The number of hydrogen-bond acceptors (Lipinski definition) is 8. The summed E-state index contributed by atoms with van der Waals surface area (Å²) in [6.07, 6.45) is -4.88. The fraction of sp³-hybridized carbons (Fsp3) is 0.105. The Balaban J connectivity index is 1.54. The van der Waals surface area contributed by atoms with E-state index in [4.69, 9.17) is 4.98 Å². The van der Waals surface area contributed by atoms with Gasteiger partial charge in [-0.05, 0) is 35.2 Å². The highest BCUT2D eigenvalue weighted by Gasteiger charge is 2.31. The molecule has 0 aliphatic carbocycles. The van der Waals surface area contributed by atoms with Crippen molar-refractivity contribution >= 4 is 43.8 Å². The number of nitrogens with one attached hydrogen (secondary N) is 5. The lowest BCUT2D eigenvalue weighted by atomic mass is 10.1. The molecule has 3 heterocycles. The molecule has 0 spiro atoms. The highest BCUT2D eigenvalue weighted by Crippen LogP contribution is 2.36. The van der Waals surface area contributed by atoms with E-state index in [0.29, 0.717) is 11.5 Å². The molecule has 154 valence electrons. The topological polar surface area (TPSA) is 82.3 Å². The van der Waals surface area contributed by atoms with Crippen molar-refractivity contribution < 1.29 is 17.9 Å². The van der Waals surface area contributed by atoms with Gasteiger partial charge in [-0.3, -0.25) is 0 Å². The van der Waals surface area contributed by atoms with Crippen molar-refractivity contribution in [3.05, 3.63) is 59.5 Å². The molecule has 0 bridgehead atoms. The smallest absolute Gasteiger partial charge is 0.406 e. The molecule has 0 unspecified atom stereocenters. The quantitative estimate of drug-likeness (QED) is 0.331. The van der Waals surface area contributed by atoms with Gasteiger partial charge in [0.25, 0.3) is 0 Å². The summed E-state index contributed by atoms with van der Waals surface area (Å²) in [5.41, 5.74) is 13.8. The summed E-state index contributed by atoms with van der Waals surface area (Å²) in [5, 5.41) is 6.99. The van der Waals surface area contributed by atoms with E-state index in [1.54, 1.807) is 17.4 Å². The van der Waals surface area contributed by atoms with Crippen molar-refractivity contribution in [1.82, 2.24) is 26.9 Å². The Morgan fingerprint density at radius 3 is 2.63 bits per heavy atom. The molecule has 1 aliphatic heterocycles. The van der Waals surface area contributed by atoms with Crippen LogP contribution in [0, 0.1) is 0 Å². The van der Waals surface area contributed by atoms with Crippen LogP contribution in [0.1, 0.15) is 11.7 Å². The summed E-state index contributed by atoms with van der Waals surface area (Å²) in [5.74, 6) is 0.263.